The minimum Gasteiger partial charge on any atom is -0.322 e. The van der Waals surface area contributed by atoms with E-state index in [1.165, 1.54) is 4.90 Å². The van der Waals surface area contributed by atoms with Gasteiger partial charge in [0.2, 0.25) is 11.8 Å². The SMILES string of the molecule is CC1=CC[C@H]2C(=O)N(c3ccccc3C(=O)Nc3cccc(NC(=O)c4ccccc4)c3)C(=O)[C@H]2C1. The van der Waals surface area contributed by atoms with Crippen molar-refractivity contribution in [2.45, 2.75) is 19.8 Å². The Hall–Kier alpha value is -4.52. The second-order valence-corrected chi connectivity index (χ2v) is 9.09. The lowest BCUT2D eigenvalue weighted by Crippen LogP contribution is -2.33. The Morgan fingerprint density at radius 3 is 2.17 bits per heavy atom. The zero-order valence-electron chi connectivity index (χ0n) is 19.7. The summed E-state index contributed by atoms with van der Waals surface area (Å²) in [5, 5.41) is 5.64. The number of hydrogen-bond acceptors (Lipinski definition) is 4. The molecule has 4 amide bonds. The molecule has 180 valence electrons. The highest BCUT2D eigenvalue weighted by atomic mass is 16.2. The Bertz CT molecular complexity index is 1400. The highest BCUT2D eigenvalue weighted by molar-refractivity contribution is 6.25. The minimum atomic E-state index is -0.457. The number of carbonyl (C=O) groups excluding carboxylic acids is 4. The number of hydrogen-bond donors (Lipinski definition) is 2. The van der Waals surface area contributed by atoms with Crippen LogP contribution < -0.4 is 15.5 Å². The molecule has 0 radical (unpaired) electrons. The molecular weight excluding hydrogens is 454 g/mol. The Morgan fingerprint density at radius 1 is 0.778 bits per heavy atom. The fraction of sp³-hybridized carbons (Fsp3) is 0.172. The summed E-state index contributed by atoms with van der Waals surface area (Å²) < 4.78 is 0. The molecule has 0 unspecified atom stereocenters. The largest absolute Gasteiger partial charge is 0.322 e. The lowest BCUT2D eigenvalue weighted by Gasteiger charge is -2.19. The second-order valence-electron chi connectivity index (χ2n) is 9.09. The molecule has 1 aliphatic heterocycles. The average molecular weight is 480 g/mol. The lowest BCUT2D eigenvalue weighted by molar-refractivity contribution is -0.122. The summed E-state index contributed by atoms with van der Waals surface area (Å²) in [6.07, 6.45) is 3.10. The number of para-hydroxylation sites is 1. The van der Waals surface area contributed by atoms with E-state index in [4.69, 9.17) is 0 Å². The zero-order chi connectivity index (χ0) is 25.2. The van der Waals surface area contributed by atoms with Crippen molar-refractivity contribution in [3.8, 4) is 0 Å². The number of benzene rings is 3. The summed E-state index contributed by atoms with van der Waals surface area (Å²) in [5.74, 6) is -2.02. The van der Waals surface area contributed by atoms with Gasteiger partial charge in [0.25, 0.3) is 11.8 Å². The Labute approximate surface area is 208 Å². The zero-order valence-corrected chi connectivity index (χ0v) is 19.7. The van der Waals surface area contributed by atoms with Gasteiger partial charge in [0.05, 0.1) is 23.1 Å². The fourth-order valence-electron chi connectivity index (χ4n) is 4.80. The number of amides is 4. The first-order valence-electron chi connectivity index (χ1n) is 11.8. The summed E-state index contributed by atoms with van der Waals surface area (Å²) in [6.45, 7) is 1.97. The second kappa shape index (κ2) is 9.62. The average Bonchev–Trinajstić information content (AvgIpc) is 3.13. The van der Waals surface area contributed by atoms with Crippen LogP contribution in [0.3, 0.4) is 0 Å². The minimum absolute atomic E-state index is 0.223. The lowest BCUT2D eigenvalue weighted by atomic mass is 9.82. The van der Waals surface area contributed by atoms with E-state index in [0.717, 1.165) is 5.57 Å². The molecule has 0 bridgehead atoms. The molecule has 5 rings (SSSR count). The maximum Gasteiger partial charge on any atom is 0.257 e. The van der Waals surface area contributed by atoms with Crippen LogP contribution in [0.1, 0.15) is 40.5 Å². The van der Waals surface area contributed by atoms with Crippen LogP contribution in [-0.2, 0) is 9.59 Å². The van der Waals surface area contributed by atoms with E-state index in [-0.39, 0.29) is 40.8 Å². The molecule has 1 fully saturated rings. The monoisotopic (exact) mass is 479 g/mol. The van der Waals surface area contributed by atoms with E-state index in [2.05, 4.69) is 10.6 Å². The highest BCUT2D eigenvalue weighted by Crippen LogP contribution is 2.40. The molecule has 7 nitrogen and oxygen atoms in total. The van der Waals surface area contributed by atoms with Gasteiger partial charge in [-0.2, -0.15) is 0 Å². The third-order valence-electron chi connectivity index (χ3n) is 6.63. The maximum absolute atomic E-state index is 13.3. The van der Waals surface area contributed by atoms with Gasteiger partial charge in [-0.1, -0.05) is 48.0 Å². The van der Waals surface area contributed by atoms with E-state index in [1.807, 2.05) is 19.1 Å². The summed E-state index contributed by atoms with van der Waals surface area (Å²) in [7, 11) is 0. The Morgan fingerprint density at radius 2 is 1.42 bits per heavy atom. The number of nitrogens with one attached hydrogen (secondary N) is 2. The molecule has 2 N–H and O–H groups in total. The Kier molecular flexibility index (Phi) is 6.21. The third kappa shape index (κ3) is 4.43. The van der Waals surface area contributed by atoms with Crippen LogP contribution in [0.5, 0.6) is 0 Å². The van der Waals surface area contributed by atoms with Crippen molar-refractivity contribution < 1.29 is 19.2 Å². The molecule has 1 heterocycles. The quantitative estimate of drug-likeness (QED) is 0.396. The first-order chi connectivity index (χ1) is 17.4. The van der Waals surface area contributed by atoms with Crippen LogP contribution in [0.2, 0.25) is 0 Å². The van der Waals surface area contributed by atoms with E-state index >= 15 is 0 Å². The van der Waals surface area contributed by atoms with Gasteiger partial charge >= 0.3 is 0 Å². The Balaban J connectivity index is 1.35. The standard InChI is InChI=1S/C29H25N3O4/c1-18-14-15-22-24(16-18)29(36)32(28(22)35)25-13-6-5-12-23(25)27(34)31-21-11-7-10-20(17-21)30-26(33)19-8-3-2-4-9-19/h2-14,17,22,24H,15-16H2,1H3,(H,30,33)(H,31,34)/t22-,24+/m1/s1. The predicted molar refractivity (Wildman–Crippen MR) is 138 cm³/mol. The van der Waals surface area contributed by atoms with Gasteiger partial charge in [-0.25, -0.2) is 4.90 Å². The number of rotatable bonds is 5. The van der Waals surface area contributed by atoms with Crippen molar-refractivity contribution in [1.29, 1.82) is 0 Å². The van der Waals surface area contributed by atoms with E-state index < -0.39 is 5.91 Å². The number of allylic oxidation sites excluding steroid dienone is 2. The van der Waals surface area contributed by atoms with Gasteiger partial charge in [0, 0.05) is 16.9 Å². The summed E-state index contributed by atoms with van der Waals surface area (Å²) in [5.41, 5.74) is 3.11. The topological polar surface area (TPSA) is 95.6 Å². The van der Waals surface area contributed by atoms with Crippen molar-refractivity contribution in [3.63, 3.8) is 0 Å². The van der Waals surface area contributed by atoms with Crippen LogP contribution in [0.4, 0.5) is 17.1 Å². The molecule has 1 aliphatic carbocycles. The number of anilines is 3. The summed E-state index contributed by atoms with van der Waals surface area (Å²) >= 11 is 0. The number of carbonyl (C=O) groups is 4. The summed E-state index contributed by atoms with van der Waals surface area (Å²) in [6, 6.07) is 22.2. The molecule has 7 heteroatoms. The normalized spacial score (nSPS) is 18.9. The molecule has 0 saturated carbocycles. The first kappa shape index (κ1) is 23.2. The molecule has 2 aliphatic rings. The maximum atomic E-state index is 13.3. The molecule has 3 aromatic rings. The van der Waals surface area contributed by atoms with Crippen LogP contribution in [-0.4, -0.2) is 23.6 Å². The molecular formula is C29H25N3O4. The van der Waals surface area contributed by atoms with Crippen LogP contribution in [0.15, 0.2) is 90.5 Å². The van der Waals surface area contributed by atoms with Gasteiger partial charge in [-0.05, 0) is 62.2 Å². The van der Waals surface area contributed by atoms with Crippen LogP contribution in [0.25, 0.3) is 0 Å². The van der Waals surface area contributed by atoms with Crippen LogP contribution >= 0.6 is 0 Å². The van der Waals surface area contributed by atoms with Gasteiger partial charge in [0.15, 0.2) is 0 Å². The van der Waals surface area contributed by atoms with E-state index in [0.29, 0.717) is 29.8 Å². The van der Waals surface area contributed by atoms with Gasteiger partial charge < -0.3 is 10.6 Å². The van der Waals surface area contributed by atoms with Gasteiger partial charge in [-0.15, -0.1) is 0 Å². The van der Waals surface area contributed by atoms with Gasteiger partial charge in [0.1, 0.15) is 0 Å². The number of fused-ring (bicyclic) bond motifs is 1. The van der Waals surface area contributed by atoms with Crippen molar-refractivity contribution in [2.75, 3.05) is 15.5 Å². The van der Waals surface area contributed by atoms with E-state index in [9.17, 15) is 19.2 Å². The van der Waals surface area contributed by atoms with Crippen molar-refractivity contribution in [1.82, 2.24) is 0 Å². The summed E-state index contributed by atoms with van der Waals surface area (Å²) in [4.78, 5) is 53.3. The molecule has 0 spiro atoms. The highest BCUT2D eigenvalue weighted by Gasteiger charge is 2.49. The third-order valence-corrected chi connectivity index (χ3v) is 6.63. The van der Waals surface area contributed by atoms with Crippen LogP contribution in [0, 0.1) is 11.8 Å². The smallest absolute Gasteiger partial charge is 0.257 e. The van der Waals surface area contributed by atoms with Crippen molar-refractivity contribution in [2.24, 2.45) is 11.8 Å². The fourth-order valence-corrected chi connectivity index (χ4v) is 4.80. The molecule has 3 aromatic carbocycles. The van der Waals surface area contributed by atoms with E-state index in [1.54, 1.807) is 72.8 Å². The molecule has 0 aromatic heterocycles. The molecule has 1 saturated heterocycles. The predicted octanol–water partition coefficient (Wildman–Crippen LogP) is 5.04. The number of nitrogens with zero attached hydrogens (tertiary/aromatic N) is 1. The number of imide groups is 1. The first-order valence-corrected chi connectivity index (χ1v) is 11.8. The van der Waals surface area contributed by atoms with Gasteiger partial charge in [-0.3, -0.25) is 19.2 Å². The molecule has 36 heavy (non-hydrogen) atoms. The molecule has 2 atom stereocenters. The van der Waals surface area contributed by atoms with Crippen molar-refractivity contribution >= 4 is 40.7 Å². The van der Waals surface area contributed by atoms with Crippen molar-refractivity contribution in [3.05, 3.63) is 102 Å².